The molecule has 0 unspecified atom stereocenters. The number of hydrogen-bond donors (Lipinski definition) is 1. The molecule has 47 heavy (non-hydrogen) atoms. The Hall–Kier alpha value is -4.11. The maximum Gasteiger partial charge on any atom is 0.416 e. The molecule has 3 heterocycles. The summed E-state index contributed by atoms with van der Waals surface area (Å²) in [5.41, 5.74) is 4.34. The molecule has 1 fully saturated rings. The minimum atomic E-state index is -5.00. The molecule has 0 bridgehead atoms. The van der Waals surface area contributed by atoms with E-state index in [9.17, 15) is 31.1 Å². The van der Waals surface area contributed by atoms with Crippen LogP contribution in [0.5, 0.6) is 5.75 Å². The Morgan fingerprint density at radius 2 is 1.68 bits per heavy atom. The summed E-state index contributed by atoms with van der Waals surface area (Å²) in [7, 11) is 1.48. The van der Waals surface area contributed by atoms with Crippen LogP contribution in [0, 0.1) is 0 Å². The molecule has 1 saturated heterocycles. The van der Waals surface area contributed by atoms with Crippen LogP contribution in [0.25, 0.3) is 0 Å². The predicted octanol–water partition coefficient (Wildman–Crippen LogP) is 6.51. The number of ether oxygens (including phenoxy) is 3. The molecule has 2 N–H and O–H groups in total. The molecule has 1 amide bonds. The number of anilines is 2. The van der Waals surface area contributed by atoms with Crippen molar-refractivity contribution in [1.29, 1.82) is 0 Å². The van der Waals surface area contributed by atoms with E-state index < -0.39 is 41.2 Å². The van der Waals surface area contributed by atoms with Gasteiger partial charge >= 0.3 is 18.4 Å². The second-order valence-corrected chi connectivity index (χ2v) is 11.4. The van der Waals surface area contributed by atoms with Gasteiger partial charge in [0, 0.05) is 25.4 Å². The summed E-state index contributed by atoms with van der Waals surface area (Å²) in [6.07, 6.45) is -9.00. The van der Waals surface area contributed by atoms with Gasteiger partial charge in [0.05, 0.1) is 61.3 Å². The van der Waals surface area contributed by atoms with E-state index in [0.29, 0.717) is 67.5 Å². The maximum absolute atomic E-state index is 13.7. The number of rotatable bonds is 7. The molecule has 0 saturated carbocycles. The normalized spacial score (nSPS) is 20.2. The van der Waals surface area contributed by atoms with Gasteiger partial charge in [-0.25, -0.2) is 14.8 Å². The van der Waals surface area contributed by atoms with Crippen LogP contribution in [0.15, 0.2) is 42.6 Å². The molecule has 3 aromatic rings. The number of nitrogens with two attached hydrogens (primary N) is 1. The lowest BCUT2D eigenvalue weighted by atomic mass is 9.80. The molecule has 1 aromatic heterocycles. The number of aromatic nitrogens is 2. The van der Waals surface area contributed by atoms with Crippen LogP contribution in [0.3, 0.4) is 0 Å². The summed E-state index contributed by atoms with van der Waals surface area (Å²) in [5, 5.41) is 0. The molecule has 5 rings (SSSR count). The van der Waals surface area contributed by atoms with Gasteiger partial charge in [-0.3, -0.25) is 4.90 Å². The summed E-state index contributed by atoms with van der Waals surface area (Å²) in [5.74, 6) is 0.0918. The van der Waals surface area contributed by atoms with E-state index in [1.54, 1.807) is 25.1 Å². The van der Waals surface area contributed by atoms with E-state index in [2.05, 4.69) is 4.98 Å². The van der Waals surface area contributed by atoms with E-state index in [0.717, 1.165) is 0 Å². The molecule has 2 aromatic carbocycles. The smallest absolute Gasteiger partial charge is 0.416 e. The summed E-state index contributed by atoms with van der Waals surface area (Å²) < 4.78 is 98.6. The topological polar surface area (TPSA) is 103 Å². The van der Waals surface area contributed by atoms with Crippen molar-refractivity contribution in [3.63, 3.8) is 0 Å². The number of methoxy groups -OCH3 is 1. The van der Waals surface area contributed by atoms with E-state index in [1.165, 1.54) is 18.2 Å². The number of fused-ring (bicyclic) bond motifs is 1. The average Bonchev–Trinajstić information content (AvgIpc) is 3.03. The van der Waals surface area contributed by atoms with Gasteiger partial charge in [0.1, 0.15) is 17.2 Å². The van der Waals surface area contributed by atoms with Crippen molar-refractivity contribution in [2.75, 3.05) is 49.8 Å². The van der Waals surface area contributed by atoms with Gasteiger partial charge in [-0.2, -0.15) is 26.3 Å². The Balaban J connectivity index is 1.67. The van der Waals surface area contributed by atoms with E-state index >= 15 is 0 Å². The Morgan fingerprint density at radius 3 is 2.26 bits per heavy atom. The Kier molecular flexibility index (Phi) is 9.60. The third-order valence-corrected chi connectivity index (χ3v) is 8.46. The lowest BCUT2D eigenvalue weighted by Gasteiger charge is -2.46. The fourth-order valence-corrected chi connectivity index (χ4v) is 6.05. The lowest BCUT2D eigenvalue weighted by molar-refractivity contribution is -0.143. The van der Waals surface area contributed by atoms with Crippen LogP contribution in [0.1, 0.15) is 66.4 Å². The number of amides is 1. The summed E-state index contributed by atoms with van der Waals surface area (Å²) in [4.78, 5) is 26.0. The van der Waals surface area contributed by atoms with Crippen molar-refractivity contribution in [2.45, 2.75) is 57.0 Å². The summed E-state index contributed by atoms with van der Waals surface area (Å²) in [6.45, 7) is 5.20. The number of carbonyl (C=O) groups is 1. The molecule has 254 valence electrons. The van der Waals surface area contributed by atoms with Crippen LogP contribution in [-0.2, 0) is 28.2 Å². The first-order valence-corrected chi connectivity index (χ1v) is 15.1. The molecular weight excluding hydrogens is 632 g/mol. The van der Waals surface area contributed by atoms with Crippen molar-refractivity contribution in [3.8, 4) is 5.75 Å². The van der Waals surface area contributed by atoms with Crippen molar-refractivity contribution in [3.05, 3.63) is 76.4 Å². The van der Waals surface area contributed by atoms with Gasteiger partial charge in [-0.15, -0.1) is 0 Å². The zero-order chi connectivity index (χ0) is 34.1. The van der Waals surface area contributed by atoms with Crippen molar-refractivity contribution in [1.82, 2.24) is 9.97 Å². The quantitative estimate of drug-likeness (QED) is 0.285. The van der Waals surface area contributed by atoms with Crippen molar-refractivity contribution >= 4 is 17.5 Å². The van der Waals surface area contributed by atoms with Crippen molar-refractivity contribution in [2.24, 2.45) is 5.73 Å². The average molecular weight is 668 g/mol. The zero-order valence-corrected chi connectivity index (χ0v) is 26.0. The molecule has 9 nitrogen and oxygen atoms in total. The third kappa shape index (κ3) is 7.10. The SMILES string of the molecule is CCOC(=O)N1c2ccc(OC)cc2[C@@H](c2ncc(N3CCOCC3)c(Cc3cc(C(F)(F)F)cc(C(F)(F)F)c3)n2)C[C@@]1(N)CC. The molecule has 2 atom stereocenters. The first-order chi connectivity index (χ1) is 22.2. The van der Waals surface area contributed by atoms with Crippen LogP contribution in [-0.4, -0.2) is 61.7 Å². The van der Waals surface area contributed by atoms with Crippen LogP contribution < -0.4 is 20.3 Å². The molecule has 2 aliphatic heterocycles. The molecule has 0 spiro atoms. The maximum atomic E-state index is 13.7. The second kappa shape index (κ2) is 13.2. The lowest BCUT2D eigenvalue weighted by Crippen LogP contribution is -2.61. The van der Waals surface area contributed by atoms with Gasteiger partial charge in [0.15, 0.2) is 0 Å². The number of halogens is 6. The van der Waals surface area contributed by atoms with Crippen molar-refractivity contribution < 1.29 is 45.3 Å². The first kappa shape index (κ1) is 34.2. The van der Waals surface area contributed by atoms with Gasteiger partial charge in [-0.1, -0.05) is 6.92 Å². The van der Waals surface area contributed by atoms with E-state index in [-0.39, 0.29) is 42.6 Å². The minimum absolute atomic E-state index is 0.102. The second-order valence-electron chi connectivity index (χ2n) is 11.4. The largest absolute Gasteiger partial charge is 0.497 e. The molecule has 2 aliphatic rings. The third-order valence-electron chi connectivity index (χ3n) is 8.46. The summed E-state index contributed by atoms with van der Waals surface area (Å²) >= 11 is 0. The highest BCUT2D eigenvalue weighted by Crippen LogP contribution is 2.47. The predicted molar refractivity (Wildman–Crippen MR) is 160 cm³/mol. The van der Waals surface area contributed by atoms with E-state index in [4.69, 9.17) is 24.9 Å². The molecule has 0 aliphatic carbocycles. The fraction of sp³-hybridized carbons (Fsp3) is 0.469. The highest BCUT2D eigenvalue weighted by atomic mass is 19.4. The molecule has 0 radical (unpaired) electrons. The standard InChI is InChI=1S/C32H35F6N5O4/c1-4-30(39)17-24(23-16-22(45-3)6-7-26(23)43(30)29(44)47-5-2)28-40-18-27(42-8-10-46-11-9-42)25(41-28)14-19-12-20(31(33,34)35)15-21(13-19)32(36,37)38/h6-7,12-13,15-16,18,24H,4-5,8-11,14,17,39H2,1-3H3/t24-,30+/m0/s1. The highest BCUT2D eigenvalue weighted by molar-refractivity contribution is 5.91. The first-order valence-electron chi connectivity index (χ1n) is 15.1. The Morgan fingerprint density at radius 1 is 1.02 bits per heavy atom. The van der Waals surface area contributed by atoms with Gasteiger partial charge in [0.2, 0.25) is 0 Å². The molecular formula is C32H35F6N5O4. The van der Waals surface area contributed by atoms with E-state index in [1.807, 2.05) is 11.8 Å². The number of benzene rings is 2. The monoisotopic (exact) mass is 667 g/mol. The minimum Gasteiger partial charge on any atom is -0.497 e. The van der Waals surface area contributed by atoms with Crippen LogP contribution >= 0.6 is 0 Å². The van der Waals surface area contributed by atoms with Gasteiger partial charge < -0.3 is 24.8 Å². The number of carbonyl (C=O) groups excluding carboxylic acids is 1. The zero-order valence-electron chi connectivity index (χ0n) is 26.0. The number of nitrogens with zero attached hydrogens (tertiary/aromatic N) is 4. The van der Waals surface area contributed by atoms with Gasteiger partial charge in [0.25, 0.3) is 0 Å². The Bertz CT molecular complexity index is 1580. The van der Waals surface area contributed by atoms with Gasteiger partial charge in [-0.05, 0) is 67.3 Å². The summed E-state index contributed by atoms with van der Waals surface area (Å²) in [6, 6.07) is 6.59. The Labute approximate surface area is 267 Å². The number of alkyl halides is 6. The number of morpholine rings is 1. The van der Waals surface area contributed by atoms with Crippen LogP contribution in [0.2, 0.25) is 0 Å². The fourth-order valence-electron chi connectivity index (χ4n) is 6.05. The number of hydrogen-bond acceptors (Lipinski definition) is 8. The molecule has 15 heteroatoms. The van der Waals surface area contributed by atoms with Crippen LogP contribution in [0.4, 0.5) is 42.5 Å². The highest BCUT2D eigenvalue weighted by Gasteiger charge is 2.46.